The third kappa shape index (κ3) is 3.49. The van der Waals surface area contributed by atoms with Crippen LogP contribution >= 0.6 is 0 Å². The fraction of sp³-hybridized carbons (Fsp3) is 0.636. The minimum Gasteiger partial charge on any atom is -0.338 e. The van der Waals surface area contributed by atoms with Gasteiger partial charge in [0.25, 0.3) is 5.95 Å². The lowest BCUT2D eigenvalue weighted by Gasteiger charge is -2.50. The Hall–Kier alpha value is -1.88. The van der Waals surface area contributed by atoms with E-state index in [4.69, 9.17) is 4.52 Å². The molecule has 1 aliphatic carbocycles. The summed E-state index contributed by atoms with van der Waals surface area (Å²) in [5.74, 6) is 2.20. The van der Waals surface area contributed by atoms with Crippen molar-refractivity contribution in [3.63, 3.8) is 0 Å². The molecule has 1 atom stereocenters. The molecule has 2 aliphatic heterocycles. The minimum atomic E-state index is 0.440. The van der Waals surface area contributed by atoms with Crippen LogP contribution in [0.4, 0.5) is 5.95 Å². The van der Waals surface area contributed by atoms with E-state index in [1.54, 1.807) is 0 Å². The normalized spacial score (nSPS) is 25.8. The molecule has 144 valence electrons. The molecule has 0 N–H and O–H groups in total. The van der Waals surface area contributed by atoms with E-state index in [0.717, 1.165) is 37.4 Å². The number of piperidine rings is 2. The molecule has 3 heterocycles. The van der Waals surface area contributed by atoms with Gasteiger partial charge in [0, 0.05) is 38.6 Å². The monoisotopic (exact) mass is 366 g/mol. The molecule has 0 bridgehead atoms. The van der Waals surface area contributed by atoms with Gasteiger partial charge >= 0.3 is 0 Å². The lowest BCUT2D eigenvalue weighted by molar-refractivity contribution is 0.0458. The number of aromatic nitrogens is 2. The van der Waals surface area contributed by atoms with Gasteiger partial charge in [-0.1, -0.05) is 37.3 Å². The molecule has 5 rings (SSSR count). The van der Waals surface area contributed by atoms with Crippen molar-refractivity contribution in [2.24, 2.45) is 5.41 Å². The molecule has 1 spiro atoms. The van der Waals surface area contributed by atoms with Gasteiger partial charge in [-0.25, -0.2) is 0 Å². The van der Waals surface area contributed by atoms with Crippen molar-refractivity contribution in [3.05, 3.63) is 41.8 Å². The van der Waals surface area contributed by atoms with E-state index in [9.17, 15) is 0 Å². The van der Waals surface area contributed by atoms with Crippen LogP contribution in [0.1, 0.15) is 56.4 Å². The number of rotatable bonds is 4. The van der Waals surface area contributed by atoms with E-state index < -0.39 is 0 Å². The van der Waals surface area contributed by atoms with Crippen LogP contribution in [0.15, 0.2) is 34.9 Å². The van der Waals surface area contributed by atoms with Gasteiger partial charge in [0.1, 0.15) is 0 Å². The number of benzene rings is 1. The van der Waals surface area contributed by atoms with Crippen LogP contribution < -0.4 is 4.90 Å². The maximum Gasteiger partial charge on any atom is 0.266 e. The lowest BCUT2D eigenvalue weighted by atomic mass is 9.68. The zero-order valence-electron chi connectivity index (χ0n) is 16.3. The van der Waals surface area contributed by atoms with Crippen LogP contribution in [0.2, 0.25) is 0 Å². The largest absolute Gasteiger partial charge is 0.338 e. The first-order valence-corrected chi connectivity index (χ1v) is 10.6. The van der Waals surface area contributed by atoms with Crippen molar-refractivity contribution in [1.29, 1.82) is 0 Å². The second kappa shape index (κ2) is 6.93. The van der Waals surface area contributed by atoms with Gasteiger partial charge in [-0.05, 0) is 54.2 Å². The summed E-state index contributed by atoms with van der Waals surface area (Å²) < 4.78 is 5.32. The average molecular weight is 367 g/mol. The Balaban J connectivity index is 1.32. The molecule has 3 fully saturated rings. The highest BCUT2D eigenvalue weighted by molar-refractivity contribution is 5.30. The first-order valence-electron chi connectivity index (χ1n) is 10.6. The summed E-state index contributed by atoms with van der Waals surface area (Å²) in [6, 6.07) is 12.0. The van der Waals surface area contributed by atoms with Crippen LogP contribution in [0, 0.1) is 5.41 Å². The first kappa shape index (κ1) is 17.2. The highest BCUT2D eigenvalue weighted by Gasteiger charge is 2.45. The Labute approximate surface area is 161 Å². The summed E-state index contributed by atoms with van der Waals surface area (Å²) in [6.07, 6.45) is 7.38. The summed E-state index contributed by atoms with van der Waals surface area (Å²) in [7, 11) is 0. The molecular weight excluding hydrogens is 336 g/mol. The Morgan fingerprint density at radius 1 is 1.15 bits per heavy atom. The summed E-state index contributed by atoms with van der Waals surface area (Å²) >= 11 is 0. The van der Waals surface area contributed by atoms with Gasteiger partial charge in [0.05, 0.1) is 0 Å². The zero-order chi connectivity index (χ0) is 18.3. The molecule has 1 aromatic heterocycles. The Morgan fingerprint density at radius 3 is 2.59 bits per heavy atom. The maximum absolute atomic E-state index is 5.32. The second-order valence-corrected chi connectivity index (χ2v) is 8.80. The SMILES string of the molecule is CCc1nc(N2CCC3(CC2)CC(c2ccccc2)CN(C2CC2)C3)no1. The van der Waals surface area contributed by atoms with Crippen molar-refractivity contribution in [3.8, 4) is 0 Å². The summed E-state index contributed by atoms with van der Waals surface area (Å²) in [5.41, 5.74) is 1.96. The Bertz CT molecular complexity index is 762. The van der Waals surface area contributed by atoms with E-state index in [1.807, 2.05) is 0 Å². The predicted molar refractivity (Wildman–Crippen MR) is 106 cm³/mol. The van der Waals surface area contributed by atoms with Gasteiger partial charge in [-0.15, -0.1) is 0 Å². The third-order valence-electron chi connectivity index (χ3n) is 6.87. The fourth-order valence-corrected chi connectivity index (χ4v) is 5.16. The number of aryl methyl sites for hydroxylation is 1. The van der Waals surface area contributed by atoms with E-state index in [-0.39, 0.29) is 0 Å². The summed E-state index contributed by atoms with van der Waals surface area (Å²) in [6.45, 7) is 6.66. The summed E-state index contributed by atoms with van der Waals surface area (Å²) in [4.78, 5) is 9.67. The van der Waals surface area contributed by atoms with Crippen molar-refractivity contribution >= 4 is 5.95 Å². The van der Waals surface area contributed by atoms with Gasteiger partial charge in [-0.3, -0.25) is 4.90 Å². The van der Waals surface area contributed by atoms with Crippen molar-refractivity contribution < 1.29 is 4.52 Å². The van der Waals surface area contributed by atoms with Gasteiger partial charge in [0.2, 0.25) is 5.89 Å². The quantitative estimate of drug-likeness (QED) is 0.822. The maximum atomic E-state index is 5.32. The molecule has 3 aliphatic rings. The number of hydrogen-bond acceptors (Lipinski definition) is 5. The molecule has 1 saturated carbocycles. The molecule has 1 aromatic carbocycles. The fourth-order valence-electron chi connectivity index (χ4n) is 5.16. The van der Waals surface area contributed by atoms with Gasteiger partial charge < -0.3 is 9.42 Å². The third-order valence-corrected chi connectivity index (χ3v) is 6.87. The second-order valence-electron chi connectivity index (χ2n) is 8.80. The summed E-state index contributed by atoms with van der Waals surface area (Å²) in [5, 5.41) is 4.19. The van der Waals surface area contributed by atoms with Crippen molar-refractivity contribution in [2.45, 2.75) is 57.4 Å². The molecule has 1 unspecified atom stereocenters. The first-order chi connectivity index (χ1) is 13.2. The van der Waals surface area contributed by atoms with E-state index in [1.165, 1.54) is 50.8 Å². The molecule has 5 nitrogen and oxygen atoms in total. The van der Waals surface area contributed by atoms with Crippen molar-refractivity contribution in [2.75, 3.05) is 31.1 Å². The van der Waals surface area contributed by atoms with E-state index in [2.05, 4.69) is 57.2 Å². The molecular formula is C22H30N4O. The molecule has 2 aromatic rings. The van der Waals surface area contributed by atoms with Gasteiger partial charge in [0.15, 0.2) is 0 Å². The molecule has 2 saturated heterocycles. The van der Waals surface area contributed by atoms with Crippen LogP contribution in [0.3, 0.4) is 0 Å². The zero-order valence-corrected chi connectivity index (χ0v) is 16.3. The standard InChI is InChI=1S/C22H30N4O/c1-2-20-23-21(24-27-20)25-12-10-22(11-13-25)14-18(17-6-4-3-5-7-17)15-26(16-22)19-8-9-19/h3-7,18-19H,2,8-16H2,1H3. The number of anilines is 1. The smallest absolute Gasteiger partial charge is 0.266 e. The molecule has 27 heavy (non-hydrogen) atoms. The average Bonchev–Trinajstić information content (AvgIpc) is 3.46. The Kier molecular flexibility index (Phi) is 4.43. The number of nitrogens with zero attached hydrogens (tertiary/aromatic N) is 4. The highest BCUT2D eigenvalue weighted by Crippen LogP contribution is 2.47. The van der Waals surface area contributed by atoms with Crippen LogP contribution in [-0.2, 0) is 6.42 Å². The number of hydrogen-bond donors (Lipinski definition) is 0. The minimum absolute atomic E-state index is 0.440. The topological polar surface area (TPSA) is 45.4 Å². The molecule has 0 amide bonds. The molecule has 5 heteroatoms. The van der Waals surface area contributed by atoms with E-state index in [0.29, 0.717) is 11.3 Å². The Morgan fingerprint density at radius 2 is 1.93 bits per heavy atom. The highest BCUT2D eigenvalue weighted by atomic mass is 16.5. The lowest BCUT2D eigenvalue weighted by Crippen LogP contribution is -2.52. The van der Waals surface area contributed by atoms with Crippen LogP contribution in [0.25, 0.3) is 0 Å². The van der Waals surface area contributed by atoms with Crippen LogP contribution in [0.5, 0.6) is 0 Å². The molecule has 0 radical (unpaired) electrons. The van der Waals surface area contributed by atoms with Crippen molar-refractivity contribution in [1.82, 2.24) is 15.0 Å². The van der Waals surface area contributed by atoms with Crippen LogP contribution in [-0.4, -0.2) is 47.3 Å². The predicted octanol–water partition coefficient (Wildman–Crippen LogP) is 3.87. The van der Waals surface area contributed by atoms with E-state index >= 15 is 0 Å². The number of likely N-dealkylation sites (tertiary alicyclic amines) is 1. The van der Waals surface area contributed by atoms with Gasteiger partial charge in [-0.2, -0.15) is 4.98 Å².